The minimum absolute atomic E-state index is 0.0424. The summed E-state index contributed by atoms with van der Waals surface area (Å²) < 4.78 is 0. The van der Waals surface area contributed by atoms with Crippen molar-refractivity contribution in [3.8, 4) is 0 Å². The summed E-state index contributed by atoms with van der Waals surface area (Å²) >= 11 is 1.51. The molecule has 0 saturated carbocycles. The topological polar surface area (TPSA) is 41.1 Å². The third kappa shape index (κ3) is 3.32. The lowest BCUT2D eigenvalue weighted by molar-refractivity contribution is 0.0953. The largest absolute Gasteiger partial charge is 0.350 e. The Hall–Kier alpha value is -0.870. The second-order valence-corrected chi connectivity index (χ2v) is 5.18. The zero-order chi connectivity index (χ0) is 12.1. The van der Waals surface area contributed by atoms with Gasteiger partial charge in [0.1, 0.15) is 0 Å². The molecule has 1 aromatic rings. The van der Waals surface area contributed by atoms with Crippen molar-refractivity contribution in [1.82, 2.24) is 10.6 Å². The number of nitrogens with one attached hydrogen (secondary N) is 2. The van der Waals surface area contributed by atoms with Crippen molar-refractivity contribution in [2.45, 2.75) is 32.7 Å². The summed E-state index contributed by atoms with van der Waals surface area (Å²) in [5.74, 6) is 0.439. The first-order valence-corrected chi connectivity index (χ1v) is 6.47. The summed E-state index contributed by atoms with van der Waals surface area (Å²) in [4.78, 5) is 12.8. The zero-order valence-corrected chi connectivity index (χ0v) is 11.1. The van der Waals surface area contributed by atoms with E-state index in [1.54, 1.807) is 0 Å². The number of hydrogen-bond acceptors (Lipinski definition) is 3. The minimum Gasteiger partial charge on any atom is -0.350 e. The van der Waals surface area contributed by atoms with Crippen molar-refractivity contribution in [2.24, 2.45) is 0 Å². The van der Waals surface area contributed by atoms with E-state index in [1.165, 1.54) is 11.3 Å². The third-order valence-corrected chi connectivity index (χ3v) is 3.51. The number of hydrogen-bond donors (Lipinski definition) is 2. The maximum atomic E-state index is 11.9. The summed E-state index contributed by atoms with van der Waals surface area (Å²) in [6.45, 7) is 6.91. The van der Waals surface area contributed by atoms with Crippen LogP contribution in [0.1, 0.15) is 41.9 Å². The molecule has 0 fully saturated rings. The highest BCUT2D eigenvalue weighted by Crippen LogP contribution is 2.24. The molecule has 0 radical (unpaired) electrons. The van der Waals surface area contributed by atoms with E-state index in [4.69, 9.17) is 0 Å². The van der Waals surface area contributed by atoms with Gasteiger partial charge >= 0.3 is 0 Å². The third-order valence-electron chi connectivity index (χ3n) is 2.59. The first-order valence-electron chi connectivity index (χ1n) is 5.59. The van der Waals surface area contributed by atoms with Crippen LogP contribution in [0.2, 0.25) is 0 Å². The molecule has 1 aromatic heterocycles. The highest BCUT2D eigenvalue weighted by Gasteiger charge is 2.15. The predicted octanol–water partition coefficient (Wildman–Crippen LogP) is 2.21. The van der Waals surface area contributed by atoms with Gasteiger partial charge in [-0.25, -0.2) is 0 Å². The molecule has 1 heterocycles. The Kier molecular flexibility index (Phi) is 4.96. The lowest BCUT2D eigenvalue weighted by Gasteiger charge is -2.12. The molecule has 1 unspecified atom stereocenters. The summed E-state index contributed by atoms with van der Waals surface area (Å²) in [6, 6.07) is 2.33. The molecule has 4 heteroatoms. The van der Waals surface area contributed by atoms with Gasteiger partial charge < -0.3 is 10.6 Å². The van der Waals surface area contributed by atoms with E-state index in [2.05, 4.69) is 24.5 Å². The van der Waals surface area contributed by atoms with Crippen molar-refractivity contribution in [3.63, 3.8) is 0 Å². The average Bonchev–Trinajstić information content (AvgIpc) is 2.74. The first-order chi connectivity index (χ1) is 7.56. The molecule has 0 aliphatic rings. The van der Waals surface area contributed by atoms with Crippen LogP contribution < -0.4 is 10.6 Å². The molecule has 0 aliphatic heterocycles. The van der Waals surface area contributed by atoms with Gasteiger partial charge in [0.15, 0.2) is 0 Å². The monoisotopic (exact) mass is 240 g/mol. The minimum atomic E-state index is 0.0424. The Morgan fingerprint density at radius 2 is 2.12 bits per heavy atom. The second-order valence-electron chi connectivity index (χ2n) is 4.26. The lowest BCUT2D eigenvalue weighted by atomic mass is 10.0. The van der Waals surface area contributed by atoms with Gasteiger partial charge in [0.25, 0.3) is 5.91 Å². The summed E-state index contributed by atoms with van der Waals surface area (Å²) in [6.07, 6.45) is 0. The van der Waals surface area contributed by atoms with E-state index in [1.807, 2.05) is 25.4 Å². The Morgan fingerprint density at radius 3 is 2.69 bits per heavy atom. The number of likely N-dealkylation sites (N-methyl/N-ethyl adjacent to an activating group) is 1. The highest BCUT2D eigenvalue weighted by atomic mass is 32.1. The fourth-order valence-corrected chi connectivity index (χ4v) is 2.36. The van der Waals surface area contributed by atoms with E-state index < -0.39 is 0 Å². The highest BCUT2D eigenvalue weighted by molar-refractivity contribution is 7.12. The molecule has 1 amide bonds. The van der Waals surface area contributed by atoms with Crippen molar-refractivity contribution in [1.29, 1.82) is 0 Å². The van der Waals surface area contributed by atoms with E-state index in [9.17, 15) is 4.79 Å². The van der Waals surface area contributed by atoms with E-state index in [-0.39, 0.29) is 5.91 Å². The number of rotatable bonds is 5. The lowest BCUT2D eigenvalue weighted by Crippen LogP contribution is -2.37. The molecule has 1 rings (SSSR count). The van der Waals surface area contributed by atoms with Gasteiger partial charge in [-0.05, 0) is 36.9 Å². The van der Waals surface area contributed by atoms with Crippen LogP contribution in [0, 0.1) is 0 Å². The van der Waals surface area contributed by atoms with Crippen molar-refractivity contribution < 1.29 is 4.79 Å². The van der Waals surface area contributed by atoms with Crippen LogP contribution in [0.4, 0.5) is 0 Å². The molecule has 0 spiro atoms. The van der Waals surface area contributed by atoms with Crippen LogP contribution in [0.25, 0.3) is 0 Å². The summed E-state index contributed by atoms with van der Waals surface area (Å²) in [5.41, 5.74) is 1.14. The van der Waals surface area contributed by atoms with Gasteiger partial charge in [0, 0.05) is 12.6 Å². The number of amides is 1. The Bertz CT molecular complexity index is 347. The fourth-order valence-electron chi connectivity index (χ4n) is 1.39. The number of carbonyl (C=O) groups is 1. The van der Waals surface area contributed by atoms with Gasteiger partial charge in [0.05, 0.1) is 4.88 Å². The van der Waals surface area contributed by atoms with Crippen LogP contribution in [0.15, 0.2) is 11.4 Å². The van der Waals surface area contributed by atoms with Crippen molar-refractivity contribution in [3.05, 3.63) is 21.9 Å². The standard InChI is InChI=1S/C12H20N2OS/c1-8(2)10-5-6-16-11(10)12(15)14-7-9(3)13-4/h5-6,8-9,13H,7H2,1-4H3,(H,14,15). The van der Waals surface area contributed by atoms with Crippen LogP contribution in [-0.2, 0) is 0 Å². The summed E-state index contributed by atoms with van der Waals surface area (Å²) in [7, 11) is 1.89. The molecule has 3 nitrogen and oxygen atoms in total. The second kappa shape index (κ2) is 6.01. The predicted molar refractivity (Wildman–Crippen MR) is 69.3 cm³/mol. The Balaban J connectivity index is 2.62. The molecule has 2 N–H and O–H groups in total. The molecular weight excluding hydrogens is 220 g/mol. The zero-order valence-electron chi connectivity index (χ0n) is 10.3. The smallest absolute Gasteiger partial charge is 0.261 e. The van der Waals surface area contributed by atoms with Crippen molar-refractivity contribution >= 4 is 17.2 Å². The quantitative estimate of drug-likeness (QED) is 0.828. The molecule has 90 valence electrons. The van der Waals surface area contributed by atoms with E-state index in [0.29, 0.717) is 18.5 Å². The van der Waals surface area contributed by atoms with Crippen LogP contribution in [0.5, 0.6) is 0 Å². The SMILES string of the molecule is CNC(C)CNC(=O)c1sccc1C(C)C. The number of thiophene rings is 1. The van der Waals surface area contributed by atoms with Crippen molar-refractivity contribution in [2.75, 3.05) is 13.6 Å². The maximum Gasteiger partial charge on any atom is 0.261 e. The molecule has 16 heavy (non-hydrogen) atoms. The average molecular weight is 240 g/mol. The van der Waals surface area contributed by atoms with Gasteiger partial charge in [0.2, 0.25) is 0 Å². The molecule has 0 saturated heterocycles. The van der Waals surface area contributed by atoms with Crippen LogP contribution in [-0.4, -0.2) is 25.5 Å². The molecular formula is C12H20N2OS. The molecule has 1 atom stereocenters. The van der Waals surface area contributed by atoms with Gasteiger partial charge in [-0.2, -0.15) is 0 Å². The Morgan fingerprint density at radius 1 is 1.44 bits per heavy atom. The fraction of sp³-hybridized carbons (Fsp3) is 0.583. The van der Waals surface area contributed by atoms with Gasteiger partial charge in [-0.1, -0.05) is 13.8 Å². The van der Waals surface area contributed by atoms with E-state index >= 15 is 0 Å². The first kappa shape index (κ1) is 13.2. The molecule has 0 aliphatic carbocycles. The maximum absolute atomic E-state index is 11.9. The van der Waals surface area contributed by atoms with Crippen LogP contribution in [0.3, 0.4) is 0 Å². The number of carbonyl (C=O) groups excluding carboxylic acids is 1. The molecule has 0 aromatic carbocycles. The normalized spacial score (nSPS) is 12.8. The Labute approximate surface area is 101 Å². The summed E-state index contributed by atoms with van der Waals surface area (Å²) in [5, 5.41) is 8.01. The molecule has 0 bridgehead atoms. The van der Waals surface area contributed by atoms with Gasteiger partial charge in [-0.15, -0.1) is 11.3 Å². The van der Waals surface area contributed by atoms with E-state index in [0.717, 1.165) is 10.4 Å². The van der Waals surface area contributed by atoms with Crippen LogP contribution >= 0.6 is 11.3 Å². The van der Waals surface area contributed by atoms with Gasteiger partial charge in [-0.3, -0.25) is 4.79 Å².